The van der Waals surface area contributed by atoms with Gasteiger partial charge in [0.05, 0.1) is 13.5 Å². The lowest BCUT2D eigenvalue weighted by atomic mass is 9.98. The van der Waals surface area contributed by atoms with E-state index in [1.807, 2.05) is 0 Å². The van der Waals surface area contributed by atoms with Crippen LogP contribution in [0.15, 0.2) is 18.2 Å². The number of hydrogen-bond donors (Lipinski definition) is 1. The minimum atomic E-state index is -1.22. The Bertz CT molecular complexity index is 683. The number of esters is 1. The number of methoxy groups -OCH3 is 1. The molecule has 0 bridgehead atoms. The molecule has 25 heavy (non-hydrogen) atoms. The van der Waals surface area contributed by atoms with E-state index in [9.17, 15) is 24.3 Å². The summed E-state index contributed by atoms with van der Waals surface area (Å²) in [7, 11) is 1.33. The fourth-order valence-corrected chi connectivity index (χ4v) is 2.23. The number of hydrogen-bond acceptors (Lipinski definition) is 6. The van der Waals surface area contributed by atoms with Gasteiger partial charge in [-0.15, -0.1) is 0 Å². The molecule has 7 nitrogen and oxygen atoms in total. The third-order valence-corrected chi connectivity index (χ3v) is 3.09. The summed E-state index contributed by atoms with van der Waals surface area (Å²) in [6.45, 7) is 5.03. The number of aromatic carboxylic acids is 1. The molecular formula is C18H22O7. The largest absolute Gasteiger partial charge is 0.496 e. The van der Waals surface area contributed by atoms with E-state index in [0.29, 0.717) is 0 Å². The molecule has 0 saturated carbocycles. The van der Waals surface area contributed by atoms with Crippen molar-refractivity contribution in [1.82, 2.24) is 0 Å². The third-order valence-electron chi connectivity index (χ3n) is 3.09. The first-order valence-corrected chi connectivity index (χ1v) is 7.68. The van der Waals surface area contributed by atoms with Crippen molar-refractivity contribution in [1.29, 1.82) is 0 Å². The summed E-state index contributed by atoms with van der Waals surface area (Å²) in [6.07, 6.45) is -1.19. The Kier molecular flexibility index (Phi) is 6.85. The van der Waals surface area contributed by atoms with E-state index in [0.717, 1.165) is 0 Å². The number of carbonyl (C=O) groups is 4. The molecule has 0 heterocycles. The SMILES string of the molecule is COc1cccc(CC(=O)CC(=O)CC(=O)OC(C)(C)C)c1C(=O)O. The second kappa shape index (κ2) is 8.41. The summed E-state index contributed by atoms with van der Waals surface area (Å²) in [5, 5.41) is 9.28. The van der Waals surface area contributed by atoms with Crippen LogP contribution in [-0.2, 0) is 25.5 Å². The van der Waals surface area contributed by atoms with Crippen LogP contribution in [0.2, 0.25) is 0 Å². The molecule has 1 rings (SSSR count). The van der Waals surface area contributed by atoms with Crippen molar-refractivity contribution >= 4 is 23.5 Å². The van der Waals surface area contributed by atoms with Crippen LogP contribution in [-0.4, -0.2) is 41.3 Å². The van der Waals surface area contributed by atoms with Crippen LogP contribution in [0, 0.1) is 0 Å². The zero-order chi connectivity index (χ0) is 19.2. The molecule has 0 aliphatic carbocycles. The van der Waals surface area contributed by atoms with Crippen LogP contribution in [0.25, 0.3) is 0 Å². The molecule has 0 saturated heterocycles. The van der Waals surface area contributed by atoms with E-state index in [1.165, 1.54) is 19.2 Å². The number of carboxylic acids is 1. The second-order valence-corrected chi connectivity index (χ2v) is 6.49. The molecule has 0 aliphatic heterocycles. The smallest absolute Gasteiger partial charge is 0.339 e. The number of ether oxygens (including phenoxy) is 2. The normalized spacial score (nSPS) is 10.9. The van der Waals surface area contributed by atoms with Crippen LogP contribution in [0.4, 0.5) is 0 Å². The number of rotatable bonds is 8. The number of carbonyl (C=O) groups excluding carboxylic acids is 3. The fourth-order valence-electron chi connectivity index (χ4n) is 2.23. The quantitative estimate of drug-likeness (QED) is 0.565. The Hall–Kier alpha value is -2.70. The van der Waals surface area contributed by atoms with Gasteiger partial charge in [0, 0.05) is 6.42 Å². The van der Waals surface area contributed by atoms with Crippen molar-refractivity contribution in [2.24, 2.45) is 0 Å². The zero-order valence-corrected chi connectivity index (χ0v) is 14.8. The molecule has 0 radical (unpaired) electrons. The van der Waals surface area contributed by atoms with Crippen LogP contribution >= 0.6 is 0 Å². The summed E-state index contributed by atoms with van der Waals surface area (Å²) >= 11 is 0. The number of ketones is 2. The zero-order valence-electron chi connectivity index (χ0n) is 14.8. The van der Waals surface area contributed by atoms with Crippen LogP contribution in [0.1, 0.15) is 49.5 Å². The Morgan fingerprint density at radius 2 is 1.68 bits per heavy atom. The molecule has 1 N–H and O–H groups in total. The Morgan fingerprint density at radius 3 is 2.20 bits per heavy atom. The van der Waals surface area contributed by atoms with Crippen molar-refractivity contribution in [3.8, 4) is 5.75 Å². The lowest BCUT2D eigenvalue weighted by Crippen LogP contribution is -2.26. The fraction of sp³-hybridized carbons (Fsp3) is 0.444. The summed E-state index contributed by atoms with van der Waals surface area (Å²) < 4.78 is 10.0. The van der Waals surface area contributed by atoms with Gasteiger partial charge in [0.25, 0.3) is 0 Å². The Labute approximate surface area is 145 Å². The van der Waals surface area contributed by atoms with Crippen molar-refractivity contribution in [2.75, 3.05) is 7.11 Å². The van der Waals surface area contributed by atoms with E-state index < -0.39 is 41.9 Å². The highest BCUT2D eigenvalue weighted by molar-refractivity contribution is 6.06. The monoisotopic (exact) mass is 350 g/mol. The van der Waals surface area contributed by atoms with E-state index >= 15 is 0 Å². The third kappa shape index (κ3) is 6.74. The average Bonchev–Trinajstić information content (AvgIpc) is 2.43. The summed E-state index contributed by atoms with van der Waals surface area (Å²) in [5.74, 6) is -2.83. The molecule has 0 fully saturated rings. The molecule has 0 aromatic heterocycles. The van der Waals surface area contributed by atoms with E-state index in [2.05, 4.69) is 0 Å². The highest BCUT2D eigenvalue weighted by Gasteiger charge is 2.22. The number of carboxylic acid groups (broad SMARTS) is 1. The van der Waals surface area contributed by atoms with Gasteiger partial charge in [0.2, 0.25) is 0 Å². The molecule has 0 unspecified atom stereocenters. The van der Waals surface area contributed by atoms with Crippen molar-refractivity contribution in [3.05, 3.63) is 29.3 Å². The first-order valence-electron chi connectivity index (χ1n) is 7.68. The molecule has 1 aromatic rings. The molecule has 0 amide bonds. The molecule has 7 heteroatoms. The van der Waals surface area contributed by atoms with Crippen LogP contribution in [0.3, 0.4) is 0 Å². The van der Waals surface area contributed by atoms with Gasteiger partial charge in [-0.1, -0.05) is 12.1 Å². The maximum absolute atomic E-state index is 12.1. The van der Waals surface area contributed by atoms with E-state index in [4.69, 9.17) is 9.47 Å². The Balaban J connectivity index is 2.73. The molecule has 1 aromatic carbocycles. The lowest BCUT2D eigenvalue weighted by molar-refractivity contribution is -0.156. The first-order chi connectivity index (χ1) is 11.5. The molecule has 0 spiro atoms. The highest BCUT2D eigenvalue weighted by atomic mass is 16.6. The molecule has 136 valence electrons. The van der Waals surface area contributed by atoms with Gasteiger partial charge in [-0.05, 0) is 32.4 Å². The van der Waals surface area contributed by atoms with Gasteiger partial charge in [0.15, 0.2) is 5.78 Å². The predicted octanol–water partition coefficient (Wildman–Crippen LogP) is 2.20. The summed E-state index contributed by atoms with van der Waals surface area (Å²) in [5.41, 5.74) is -0.571. The van der Waals surface area contributed by atoms with Crippen molar-refractivity contribution in [2.45, 2.75) is 45.6 Å². The predicted molar refractivity (Wildman–Crippen MR) is 88.8 cm³/mol. The van der Waals surface area contributed by atoms with Gasteiger partial charge >= 0.3 is 11.9 Å². The van der Waals surface area contributed by atoms with E-state index in [-0.39, 0.29) is 23.3 Å². The molecular weight excluding hydrogens is 328 g/mol. The van der Waals surface area contributed by atoms with Crippen LogP contribution in [0.5, 0.6) is 5.75 Å². The topological polar surface area (TPSA) is 107 Å². The van der Waals surface area contributed by atoms with Gasteiger partial charge in [-0.2, -0.15) is 0 Å². The van der Waals surface area contributed by atoms with Crippen LogP contribution < -0.4 is 4.74 Å². The van der Waals surface area contributed by atoms with E-state index in [1.54, 1.807) is 26.8 Å². The van der Waals surface area contributed by atoms with Gasteiger partial charge in [-0.3, -0.25) is 14.4 Å². The van der Waals surface area contributed by atoms with Gasteiger partial charge < -0.3 is 14.6 Å². The minimum absolute atomic E-state index is 0.113. The molecule has 0 atom stereocenters. The minimum Gasteiger partial charge on any atom is -0.496 e. The van der Waals surface area contributed by atoms with Gasteiger partial charge in [-0.25, -0.2) is 4.79 Å². The first kappa shape index (κ1) is 20.3. The standard InChI is InChI=1S/C18H22O7/c1-18(2,3)25-15(21)10-13(20)9-12(19)8-11-6-5-7-14(24-4)16(11)17(22)23/h5-7H,8-10H2,1-4H3,(H,22,23). The summed E-state index contributed by atoms with van der Waals surface area (Å²) in [4.78, 5) is 46.8. The van der Waals surface area contributed by atoms with Crippen molar-refractivity contribution in [3.63, 3.8) is 0 Å². The van der Waals surface area contributed by atoms with Crippen molar-refractivity contribution < 1.29 is 33.8 Å². The summed E-state index contributed by atoms with van der Waals surface area (Å²) in [6, 6.07) is 4.53. The lowest BCUT2D eigenvalue weighted by Gasteiger charge is -2.19. The second-order valence-electron chi connectivity index (χ2n) is 6.49. The van der Waals surface area contributed by atoms with Gasteiger partial charge in [0.1, 0.15) is 29.1 Å². The average molecular weight is 350 g/mol. The Morgan fingerprint density at radius 1 is 1.04 bits per heavy atom. The highest BCUT2D eigenvalue weighted by Crippen LogP contribution is 2.23. The maximum atomic E-state index is 12.1. The number of benzene rings is 1. The number of Topliss-reactive ketones (excluding diaryl/α,β-unsaturated/α-hetero) is 2. The maximum Gasteiger partial charge on any atom is 0.339 e. The molecule has 0 aliphatic rings.